The first kappa shape index (κ1) is 13.7. The summed E-state index contributed by atoms with van der Waals surface area (Å²) in [4.78, 5) is 15.0. The summed E-state index contributed by atoms with van der Waals surface area (Å²) in [6.07, 6.45) is 1.20. The van der Waals surface area contributed by atoms with Crippen LogP contribution in [0.15, 0.2) is 29.4 Å². The summed E-state index contributed by atoms with van der Waals surface area (Å²) in [5, 5.41) is 16.4. The highest BCUT2D eigenvalue weighted by Crippen LogP contribution is 2.29. The van der Waals surface area contributed by atoms with Gasteiger partial charge in [0, 0.05) is 18.5 Å². The second kappa shape index (κ2) is 5.61. The van der Waals surface area contributed by atoms with Gasteiger partial charge in [0.2, 0.25) is 0 Å². The van der Waals surface area contributed by atoms with Crippen molar-refractivity contribution >= 4 is 28.8 Å². The van der Waals surface area contributed by atoms with E-state index in [1.165, 1.54) is 0 Å². The highest BCUT2D eigenvalue weighted by atomic mass is 32.1. The third-order valence-electron chi connectivity index (χ3n) is 3.53. The highest BCUT2D eigenvalue weighted by molar-refractivity contribution is 7.08. The monoisotopic (exact) mass is 302 g/mol. The molecule has 6 nitrogen and oxygen atoms in total. The Morgan fingerprint density at radius 3 is 3.05 bits per heavy atom. The van der Waals surface area contributed by atoms with Crippen LogP contribution in [0, 0.1) is 0 Å². The van der Waals surface area contributed by atoms with E-state index < -0.39 is 0 Å². The molecule has 2 aromatic rings. The number of hydrogen-bond acceptors (Lipinski definition) is 6. The number of benzene rings is 1. The maximum absolute atomic E-state index is 12.8. The summed E-state index contributed by atoms with van der Waals surface area (Å²) in [7, 11) is 0. The Labute approximate surface area is 125 Å². The Morgan fingerprint density at radius 1 is 1.48 bits per heavy atom. The molecule has 0 atom stereocenters. The minimum Gasteiger partial charge on any atom is -0.411 e. The zero-order valence-corrected chi connectivity index (χ0v) is 12.3. The van der Waals surface area contributed by atoms with Crippen molar-refractivity contribution < 1.29 is 10.0 Å². The van der Waals surface area contributed by atoms with Crippen molar-refractivity contribution in [3.63, 3.8) is 0 Å². The quantitative estimate of drug-likeness (QED) is 0.682. The van der Waals surface area contributed by atoms with Gasteiger partial charge in [0.25, 0.3) is 5.91 Å². The zero-order valence-electron chi connectivity index (χ0n) is 11.5. The van der Waals surface area contributed by atoms with Gasteiger partial charge in [-0.1, -0.05) is 34.8 Å². The van der Waals surface area contributed by atoms with Crippen LogP contribution in [-0.4, -0.2) is 33.0 Å². The summed E-state index contributed by atoms with van der Waals surface area (Å²) in [6, 6.07) is 7.45. The number of rotatable bonds is 2. The standard InChI is InChI=1S/C14H14N4O2S/c1-2-10-13(21-17-15-10)14(19)18-8-7-11(16-20)9-5-3-4-6-12(9)18/h3-6,20H,2,7-8H2,1H3. The average molecular weight is 302 g/mol. The minimum atomic E-state index is -0.0914. The number of carbonyl (C=O) groups excluding carboxylic acids is 1. The van der Waals surface area contributed by atoms with Crippen molar-refractivity contribution in [2.24, 2.45) is 5.16 Å². The summed E-state index contributed by atoms with van der Waals surface area (Å²) in [6.45, 7) is 2.44. The fraction of sp³-hybridized carbons (Fsp3) is 0.286. The van der Waals surface area contributed by atoms with E-state index in [9.17, 15) is 4.79 Å². The van der Waals surface area contributed by atoms with Crippen LogP contribution < -0.4 is 4.90 Å². The van der Waals surface area contributed by atoms with Crippen LogP contribution in [-0.2, 0) is 6.42 Å². The van der Waals surface area contributed by atoms with Crippen molar-refractivity contribution in [1.82, 2.24) is 9.59 Å². The van der Waals surface area contributed by atoms with Gasteiger partial charge in [-0.3, -0.25) is 4.79 Å². The minimum absolute atomic E-state index is 0.0914. The Balaban J connectivity index is 2.02. The van der Waals surface area contributed by atoms with Crippen LogP contribution in [0.2, 0.25) is 0 Å². The summed E-state index contributed by atoms with van der Waals surface area (Å²) in [5.41, 5.74) is 2.88. The largest absolute Gasteiger partial charge is 0.411 e. The Morgan fingerprint density at radius 2 is 2.29 bits per heavy atom. The van der Waals surface area contributed by atoms with Crippen molar-refractivity contribution in [2.75, 3.05) is 11.4 Å². The number of aromatic nitrogens is 2. The number of hydrogen-bond donors (Lipinski definition) is 1. The summed E-state index contributed by atoms with van der Waals surface area (Å²) < 4.78 is 3.88. The van der Waals surface area contributed by atoms with E-state index in [0.717, 1.165) is 28.5 Å². The lowest BCUT2D eigenvalue weighted by Gasteiger charge is -2.29. The normalized spacial score (nSPS) is 16.0. The lowest BCUT2D eigenvalue weighted by atomic mass is 9.99. The molecule has 3 rings (SSSR count). The molecule has 1 aromatic heterocycles. The van der Waals surface area contributed by atoms with Crippen molar-refractivity contribution in [1.29, 1.82) is 0 Å². The molecule has 0 radical (unpaired) electrons. The summed E-state index contributed by atoms with van der Waals surface area (Å²) in [5.74, 6) is -0.0914. The first-order valence-electron chi connectivity index (χ1n) is 6.69. The molecule has 0 unspecified atom stereocenters. The van der Waals surface area contributed by atoms with E-state index in [1.54, 1.807) is 4.90 Å². The van der Waals surface area contributed by atoms with Crippen LogP contribution in [0.1, 0.15) is 34.3 Å². The molecule has 0 bridgehead atoms. The van der Waals surface area contributed by atoms with Crippen LogP contribution in [0.4, 0.5) is 5.69 Å². The Kier molecular flexibility index (Phi) is 3.66. The second-order valence-corrected chi connectivity index (χ2v) is 5.43. The fourth-order valence-corrected chi connectivity index (χ4v) is 3.17. The Hall–Kier alpha value is -2.28. The van der Waals surface area contributed by atoms with Gasteiger partial charge in [-0.25, -0.2) is 0 Å². The lowest BCUT2D eigenvalue weighted by molar-refractivity contribution is 0.0990. The van der Waals surface area contributed by atoms with E-state index in [4.69, 9.17) is 5.21 Å². The van der Waals surface area contributed by atoms with Gasteiger partial charge >= 0.3 is 0 Å². The molecule has 2 heterocycles. The number of fused-ring (bicyclic) bond motifs is 1. The first-order valence-corrected chi connectivity index (χ1v) is 7.47. The first-order chi connectivity index (χ1) is 10.3. The molecule has 0 aliphatic carbocycles. The van der Waals surface area contributed by atoms with Crippen LogP contribution in [0.5, 0.6) is 0 Å². The van der Waals surface area contributed by atoms with E-state index in [1.807, 2.05) is 31.2 Å². The lowest BCUT2D eigenvalue weighted by Crippen LogP contribution is -2.37. The van der Waals surface area contributed by atoms with Gasteiger partial charge in [-0.05, 0) is 24.0 Å². The van der Waals surface area contributed by atoms with Gasteiger partial charge < -0.3 is 10.1 Å². The van der Waals surface area contributed by atoms with Crippen LogP contribution in [0.25, 0.3) is 0 Å². The van der Waals surface area contributed by atoms with Crippen LogP contribution >= 0.6 is 11.5 Å². The van der Waals surface area contributed by atoms with E-state index in [2.05, 4.69) is 14.7 Å². The maximum atomic E-state index is 12.8. The molecule has 7 heteroatoms. The number of para-hydroxylation sites is 1. The van der Waals surface area contributed by atoms with Gasteiger partial charge in [-0.15, -0.1) is 5.10 Å². The number of aryl methyl sites for hydroxylation is 1. The van der Waals surface area contributed by atoms with Crippen LogP contribution in [0.3, 0.4) is 0 Å². The number of carbonyl (C=O) groups is 1. The number of amides is 1. The number of anilines is 1. The maximum Gasteiger partial charge on any atom is 0.271 e. The molecule has 0 spiro atoms. The van der Waals surface area contributed by atoms with Gasteiger partial charge in [0.1, 0.15) is 4.88 Å². The van der Waals surface area contributed by atoms with Gasteiger partial charge in [-0.2, -0.15) is 0 Å². The Bertz CT molecular complexity index is 711. The second-order valence-electron chi connectivity index (χ2n) is 4.67. The van der Waals surface area contributed by atoms with Crippen molar-refractivity contribution in [3.05, 3.63) is 40.4 Å². The molecular weight excluding hydrogens is 288 g/mol. The average Bonchev–Trinajstić information content (AvgIpc) is 3.01. The SMILES string of the molecule is CCc1nnsc1C(=O)N1CCC(=NO)c2ccccc21. The molecule has 0 saturated heterocycles. The summed E-state index contributed by atoms with van der Waals surface area (Å²) >= 11 is 1.13. The molecule has 108 valence electrons. The fourth-order valence-electron chi connectivity index (χ4n) is 2.47. The molecule has 0 fully saturated rings. The number of oxime groups is 1. The van der Waals surface area contributed by atoms with Gasteiger partial charge in [0.15, 0.2) is 0 Å². The molecule has 1 amide bonds. The number of nitrogens with zero attached hydrogens (tertiary/aromatic N) is 4. The smallest absolute Gasteiger partial charge is 0.271 e. The molecule has 1 aromatic carbocycles. The zero-order chi connectivity index (χ0) is 14.8. The molecule has 1 aliphatic rings. The molecule has 1 aliphatic heterocycles. The molecule has 21 heavy (non-hydrogen) atoms. The molecule has 0 saturated carbocycles. The van der Waals surface area contributed by atoms with Crippen molar-refractivity contribution in [2.45, 2.75) is 19.8 Å². The van der Waals surface area contributed by atoms with Gasteiger partial charge in [0.05, 0.1) is 17.1 Å². The third-order valence-corrected chi connectivity index (χ3v) is 4.28. The predicted molar refractivity (Wildman–Crippen MR) is 80.3 cm³/mol. The topological polar surface area (TPSA) is 78.7 Å². The van der Waals surface area contributed by atoms with E-state index >= 15 is 0 Å². The predicted octanol–water partition coefficient (Wildman–Crippen LogP) is 2.33. The van der Waals surface area contributed by atoms with E-state index in [0.29, 0.717) is 30.0 Å². The van der Waals surface area contributed by atoms with Crippen molar-refractivity contribution in [3.8, 4) is 0 Å². The molecule has 1 N–H and O–H groups in total. The van der Waals surface area contributed by atoms with E-state index in [-0.39, 0.29) is 5.91 Å². The third kappa shape index (κ3) is 2.29. The molecular formula is C14H14N4O2S. The highest BCUT2D eigenvalue weighted by Gasteiger charge is 2.29.